The predicted molar refractivity (Wildman–Crippen MR) is 103 cm³/mol. The van der Waals surface area contributed by atoms with E-state index in [0.29, 0.717) is 12.2 Å². The summed E-state index contributed by atoms with van der Waals surface area (Å²) in [5, 5.41) is 3.96. The van der Waals surface area contributed by atoms with Gasteiger partial charge in [0.15, 0.2) is 5.15 Å². The molecule has 1 aliphatic rings. The Kier molecular flexibility index (Phi) is 4.34. The van der Waals surface area contributed by atoms with Gasteiger partial charge in [0.05, 0.1) is 26.8 Å². The minimum absolute atomic E-state index is 0.0752. The van der Waals surface area contributed by atoms with Gasteiger partial charge in [-0.2, -0.15) is 0 Å². The van der Waals surface area contributed by atoms with Gasteiger partial charge >= 0.3 is 0 Å². The van der Waals surface area contributed by atoms with Gasteiger partial charge in [-0.25, -0.2) is 9.97 Å². The lowest BCUT2D eigenvalue weighted by Gasteiger charge is -2.16. The molecule has 1 saturated heterocycles. The van der Waals surface area contributed by atoms with Crippen LogP contribution in [-0.2, 0) is 9.59 Å². The number of nitrogens with zero attached hydrogens (tertiary/aromatic N) is 3. The minimum Gasteiger partial charge on any atom is -0.323 e. The molecule has 2 aromatic heterocycles. The van der Waals surface area contributed by atoms with Gasteiger partial charge in [-0.15, -0.1) is 11.3 Å². The summed E-state index contributed by atoms with van der Waals surface area (Å²) in [6.45, 7) is 2.28. The second kappa shape index (κ2) is 6.66. The van der Waals surface area contributed by atoms with Gasteiger partial charge in [0.25, 0.3) is 0 Å². The van der Waals surface area contributed by atoms with Gasteiger partial charge in [0.2, 0.25) is 11.8 Å². The second-order valence-corrected chi connectivity index (χ2v) is 7.71. The smallest absolute Gasteiger partial charge is 0.229 e. The number of hydrogen-bond acceptors (Lipinski definition) is 5. The Morgan fingerprint density at radius 3 is 3.04 bits per heavy atom. The maximum Gasteiger partial charge on any atom is 0.229 e. The van der Waals surface area contributed by atoms with Gasteiger partial charge in [-0.05, 0) is 37.3 Å². The van der Waals surface area contributed by atoms with Crippen LogP contribution in [0.1, 0.15) is 11.4 Å². The number of fused-ring (bicyclic) bond motifs is 1. The van der Waals surface area contributed by atoms with Crippen molar-refractivity contribution in [2.24, 2.45) is 5.92 Å². The van der Waals surface area contributed by atoms with E-state index in [9.17, 15) is 9.59 Å². The number of carbonyl (C=O) groups is 2. The van der Waals surface area contributed by atoms with E-state index in [1.54, 1.807) is 34.6 Å². The molecule has 1 aliphatic heterocycles. The number of aromatic nitrogens is 2. The van der Waals surface area contributed by atoms with Crippen LogP contribution in [0.4, 0.5) is 11.4 Å². The summed E-state index contributed by atoms with van der Waals surface area (Å²) in [6, 6.07) is 9.13. The van der Waals surface area contributed by atoms with E-state index in [0.717, 1.165) is 20.9 Å². The number of aryl methyl sites for hydroxylation is 1. The maximum absolute atomic E-state index is 12.5. The molecule has 1 atom stereocenters. The highest BCUT2D eigenvalue weighted by atomic mass is 35.5. The van der Waals surface area contributed by atoms with Crippen molar-refractivity contribution in [1.29, 1.82) is 0 Å². The van der Waals surface area contributed by atoms with Crippen LogP contribution in [0.2, 0.25) is 5.15 Å². The molecule has 1 N–H and O–H groups in total. The SMILES string of the molecule is Cc1nc2cc(N3CC(C(=O)Nc4cccnc4Cl)CC3=O)ccc2s1. The summed E-state index contributed by atoms with van der Waals surface area (Å²) in [5.74, 6) is -0.748. The second-order valence-electron chi connectivity index (χ2n) is 6.12. The van der Waals surface area contributed by atoms with E-state index >= 15 is 0 Å². The zero-order chi connectivity index (χ0) is 18.3. The molecule has 0 bridgehead atoms. The maximum atomic E-state index is 12.5. The van der Waals surface area contributed by atoms with Crippen molar-refractivity contribution in [3.63, 3.8) is 0 Å². The molecule has 6 nitrogen and oxygen atoms in total. The van der Waals surface area contributed by atoms with Crippen LogP contribution >= 0.6 is 22.9 Å². The summed E-state index contributed by atoms with van der Waals surface area (Å²) in [6.07, 6.45) is 1.72. The van der Waals surface area contributed by atoms with E-state index in [-0.39, 0.29) is 23.4 Å². The third-order valence-corrected chi connectivity index (χ3v) is 5.56. The number of carbonyl (C=O) groups excluding carboxylic acids is 2. The van der Waals surface area contributed by atoms with Crippen molar-refractivity contribution >= 4 is 56.3 Å². The largest absolute Gasteiger partial charge is 0.323 e. The first kappa shape index (κ1) is 16.9. The molecule has 132 valence electrons. The number of benzene rings is 1. The molecule has 8 heteroatoms. The van der Waals surface area contributed by atoms with Crippen LogP contribution < -0.4 is 10.2 Å². The number of pyridine rings is 1. The summed E-state index contributed by atoms with van der Waals surface area (Å²) in [7, 11) is 0. The highest BCUT2D eigenvalue weighted by Gasteiger charge is 2.35. The molecule has 1 fully saturated rings. The van der Waals surface area contributed by atoms with Gasteiger partial charge in [-0.3, -0.25) is 9.59 Å². The molecule has 4 rings (SSSR count). The molecule has 0 spiro atoms. The van der Waals surface area contributed by atoms with Crippen LogP contribution in [0.5, 0.6) is 0 Å². The summed E-state index contributed by atoms with van der Waals surface area (Å²) in [5.41, 5.74) is 2.08. The Morgan fingerprint density at radius 1 is 1.38 bits per heavy atom. The lowest BCUT2D eigenvalue weighted by molar-refractivity contribution is -0.122. The van der Waals surface area contributed by atoms with Crippen molar-refractivity contribution in [1.82, 2.24) is 9.97 Å². The fraction of sp³-hybridized carbons (Fsp3) is 0.222. The topological polar surface area (TPSA) is 75.2 Å². The Hall–Kier alpha value is -2.51. The molecule has 0 saturated carbocycles. The Morgan fingerprint density at radius 2 is 2.23 bits per heavy atom. The number of nitrogens with one attached hydrogen (secondary N) is 1. The first-order valence-corrected chi connectivity index (χ1v) is 9.29. The number of rotatable bonds is 3. The number of thiazole rings is 1. The van der Waals surface area contributed by atoms with Crippen molar-refractivity contribution in [2.45, 2.75) is 13.3 Å². The third kappa shape index (κ3) is 3.15. The Labute approximate surface area is 158 Å². The van der Waals surface area contributed by atoms with Gasteiger partial charge in [0.1, 0.15) is 0 Å². The lowest BCUT2D eigenvalue weighted by atomic mass is 10.1. The summed E-state index contributed by atoms with van der Waals surface area (Å²) in [4.78, 5) is 35.0. The highest BCUT2D eigenvalue weighted by molar-refractivity contribution is 7.18. The quantitative estimate of drug-likeness (QED) is 0.697. The van der Waals surface area contributed by atoms with Crippen LogP contribution in [0.15, 0.2) is 36.5 Å². The number of hydrogen-bond donors (Lipinski definition) is 1. The highest BCUT2D eigenvalue weighted by Crippen LogP contribution is 2.31. The zero-order valence-corrected chi connectivity index (χ0v) is 15.5. The molecule has 2 amide bonds. The molecular formula is C18H15ClN4O2S. The fourth-order valence-electron chi connectivity index (χ4n) is 3.05. The molecule has 3 aromatic rings. The van der Waals surface area contributed by atoms with Crippen molar-refractivity contribution < 1.29 is 9.59 Å². The van der Waals surface area contributed by atoms with E-state index in [2.05, 4.69) is 15.3 Å². The summed E-state index contributed by atoms with van der Waals surface area (Å²) < 4.78 is 1.08. The van der Waals surface area contributed by atoms with Crippen LogP contribution in [0, 0.1) is 12.8 Å². The normalized spacial score (nSPS) is 17.1. The van der Waals surface area contributed by atoms with E-state index in [1.807, 2.05) is 25.1 Å². The van der Waals surface area contributed by atoms with E-state index < -0.39 is 5.92 Å². The number of amides is 2. The fourth-order valence-corrected chi connectivity index (χ4v) is 4.02. The lowest BCUT2D eigenvalue weighted by Crippen LogP contribution is -2.28. The molecule has 0 aliphatic carbocycles. The van der Waals surface area contributed by atoms with Crippen molar-refractivity contribution in [2.75, 3.05) is 16.8 Å². The Bertz CT molecular complexity index is 1020. The van der Waals surface area contributed by atoms with Gasteiger partial charge in [0, 0.05) is 24.8 Å². The van der Waals surface area contributed by atoms with Crippen molar-refractivity contribution in [3.8, 4) is 0 Å². The van der Waals surface area contributed by atoms with Crippen molar-refractivity contribution in [3.05, 3.63) is 46.7 Å². The molecule has 1 unspecified atom stereocenters. The number of halogens is 1. The van der Waals surface area contributed by atoms with Gasteiger partial charge < -0.3 is 10.2 Å². The standard InChI is InChI=1S/C18H15ClN4O2S/c1-10-21-14-8-12(4-5-15(14)26-10)23-9-11(7-16(23)24)18(25)22-13-3-2-6-20-17(13)19/h2-6,8,11H,7,9H2,1H3,(H,22,25). The van der Waals surface area contributed by atoms with E-state index in [4.69, 9.17) is 11.6 Å². The molecule has 1 aromatic carbocycles. The molecule has 0 radical (unpaired) electrons. The van der Waals surface area contributed by atoms with Crippen LogP contribution in [0.3, 0.4) is 0 Å². The molecular weight excluding hydrogens is 372 g/mol. The van der Waals surface area contributed by atoms with E-state index in [1.165, 1.54) is 0 Å². The monoisotopic (exact) mass is 386 g/mol. The third-order valence-electron chi connectivity index (χ3n) is 4.30. The summed E-state index contributed by atoms with van der Waals surface area (Å²) >= 11 is 7.59. The molecule has 26 heavy (non-hydrogen) atoms. The first-order chi connectivity index (χ1) is 12.5. The Balaban J connectivity index is 1.52. The first-order valence-electron chi connectivity index (χ1n) is 8.10. The molecule has 3 heterocycles. The minimum atomic E-state index is -0.438. The van der Waals surface area contributed by atoms with Crippen LogP contribution in [-0.4, -0.2) is 28.3 Å². The predicted octanol–water partition coefficient (Wildman–Crippen LogP) is 3.64. The average molecular weight is 387 g/mol. The van der Waals surface area contributed by atoms with Gasteiger partial charge in [-0.1, -0.05) is 11.6 Å². The average Bonchev–Trinajstić information content (AvgIpc) is 3.18. The zero-order valence-electron chi connectivity index (χ0n) is 13.9. The van der Waals surface area contributed by atoms with Crippen LogP contribution in [0.25, 0.3) is 10.2 Å². The number of anilines is 2.